The Morgan fingerprint density at radius 3 is 2.62 bits per heavy atom. The van der Waals surface area contributed by atoms with Gasteiger partial charge < -0.3 is 0 Å². The van der Waals surface area contributed by atoms with E-state index in [0.29, 0.717) is 25.4 Å². The lowest BCUT2D eigenvalue weighted by molar-refractivity contribution is 0.174. The van der Waals surface area contributed by atoms with Crippen molar-refractivity contribution in [3.63, 3.8) is 0 Å². The van der Waals surface area contributed by atoms with E-state index in [1.54, 1.807) is 21.4 Å². The van der Waals surface area contributed by atoms with E-state index in [2.05, 4.69) is 10.3 Å². The molecule has 3 rings (SSSR count). The van der Waals surface area contributed by atoms with Crippen LogP contribution in [-0.4, -0.2) is 46.6 Å². The van der Waals surface area contributed by atoms with Crippen molar-refractivity contribution in [3.8, 4) is 0 Å². The van der Waals surface area contributed by atoms with Gasteiger partial charge in [-0.3, -0.25) is 4.68 Å². The highest BCUT2D eigenvalue weighted by Gasteiger charge is 2.35. The van der Waals surface area contributed by atoms with Gasteiger partial charge in [0.1, 0.15) is 0 Å². The quantitative estimate of drug-likeness (QED) is 0.791. The second-order valence-corrected chi connectivity index (χ2v) is 7.45. The van der Waals surface area contributed by atoms with E-state index in [9.17, 15) is 8.42 Å². The van der Waals surface area contributed by atoms with Crippen molar-refractivity contribution in [2.45, 2.75) is 13.0 Å². The highest BCUT2D eigenvalue weighted by molar-refractivity contribution is 7.89. The molecule has 0 atom stereocenters. The molecule has 1 aromatic carbocycles. The lowest BCUT2D eigenvalue weighted by Crippen LogP contribution is -2.52. The molecular weight excluding hydrogens is 288 g/mol. The molecule has 112 valence electrons. The van der Waals surface area contributed by atoms with Crippen LogP contribution in [0.15, 0.2) is 42.7 Å². The average molecular weight is 306 g/mol. The molecule has 21 heavy (non-hydrogen) atoms. The molecule has 0 bridgehead atoms. The molecule has 1 aliphatic rings. The van der Waals surface area contributed by atoms with Gasteiger partial charge in [0.25, 0.3) is 0 Å². The van der Waals surface area contributed by atoms with E-state index in [4.69, 9.17) is 0 Å². The minimum Gasteiger partial charge on any atom is -0.252 e. The summed E-state index contributed by atoms with van der Waals surface area (Å²) in [4.78, 5) is 0. The minimum atomic E-state index is -3.15. The first-order chi connectivity index (χ1) is 10.1. The topological polar surface area (TPSA) is 68.1 Å². The molecular formula is C14H18N4O2S. The largest absolute Gasteiger partial charge is 0.252 e. The molecule has 0 radical (unpaired) electrons. The lowest BCUT2D eigenvalue weighted by atomic mass is 10.0. The smallest absolute Gasteiger partial charge is 0.214 e. The fourth-order valence-electron chi connectivity index (χ4n) is 2.48. The Labute approximate surface area is 124 Å². The van der Waals surface area contributed by atoms with Crippen LogP contribution in [0.3, 0.4) is 0 Å². The first kappa shape index (κ1) is 14.2. The summed E-state index contributed by atoms with van der Waals surface area (Å²) < 4.78 is 27.8. The molecule has 0 amide bonds. The van der Waals surface area contributed by atoms with Crippen LogP contribution in [0, 0.1) is 5.92 Å². The Morgan fingerprint density at radius 1 is 1.19 bits per heavy atom. The Kier molecular flexibility index (Phi) is 4.03. The van der Waals surface area contributed by atoms with E-state index in [1.807, 2.05) is 30.3 Å². The number of sulfonamides is 1. The van der Waals surface area contributed by atoms with E-state index >= 15 is 0 Å². The number of nitrogens with zero attached hydrogens (tertiary/aromatic N) is 4. The summed E-state index contributed by atoms with van der Waals surface area (Å²) in [5.74, 6) is 0.505. The maximum atomic E-state index is 12.2. The fourth-order valence-corrected chi connectivity index (χ4v) is 4.11. The zero-order valence-corrected chi connectivity index (χ0v) is 12.5. The molecule has 0 saturated carbocycles. The number of hydrogen-bond donors (Lipinski definition) is 0. The number of benzene rings is 1. The van der Waals surface area contributed by atoms with E-state index in [-0.39, 0.29) is 5.75 Å². The standard InChI is InChI=1S/C14H18N4O2S/c19-21(20,9-6-13-4-2-1-3-5-13)18-11-14(12-18)10-17-8-7-15-16-17/h1-5,7-8,14H,6,9-12H2. The van der Waals surface area contributed by atoms with E-state index in [0.717, 1.165) is 12.1 Å². The van der Waals surface area contributed by atoms with Gasteiger partial charge >= 0.3 is 0 Å². The van der Waals surface area contributed by atoms with Gasteiger partial charge in [-0.25, -0.2) is 12.7 Å². The molecule has 1 saturated heterocycles. The van der Waals surface area contributed by atoms with Gasteiger partial charge in [0, 0.05) is 31.7 Å². The molecule has 0 spiro atoms. The van der Waals surface area contributed by atoms with Crippen LogP contribution in [0.2, 0.25) is 0 Å². The van der Waals surface area contributed by atoms with Gasteiger partial charge in [-0.05, 0) is 12.0 Å². The monoisotopic (exact) mass is 306 g/mol. The van der Waals surface area contributed by atoms with Crippen molar-refractivity contribution < 1.29 is 8.42 Å². The van der Waals surface area contributed by atoms with E-state index < -0.39 is 10.0 Å². The predicted molar refractivity (Wildman–Crippen MR) is 79.0 cm³/mol. The Hall–Kier alpha value is -1.73. The van der Waals surface area contributed by atoms with Gasteiger partial charge in [-0.1, -0.05) is 35.5 Å². The average Bonchev–Trinajstić information content (AvgIpc) is 2.94. The number of aryl methyl sites for hydroxylation is 1. The SMILES string of the molecule is O=S(=O)(CCc1ccccc1)N1CC(Cn2ccnn2)C1. The number of rotatable bonds is 6. The number of aromatic nitrogens is 3. The first-order valence-electron chi connectivity index (χ1n) is 6.99. The molecule has 2 heterocycles. The highest BCUT2D eigenvalue weighted by Crippen LogP contribution is 2.21. The van der Waals surface area contributed by atoms with Crippen molar-refractivity contribution >= 4 is 10.0 Å². The van der Waals surface area contributed by atoms with Crippen molar-refractivity contribution in [2.24, 2.45) is 5.92 Å². The van der Waals surface area contributed by atoms with Gasteiger partial charge in [-0.15, -0.1) is 5.10 Å². The molecule has 0 unspecified atom stereocenters. The van der Waals surface area contributed by atoms with Crippen molar-refractivity contribution in [1.82, 2.24) is 19.3 Å². The van der Waals surface area contributed by atoms with Crippen LogP contribution in [0.5, 0.6) is 0 Å². The third kappa shape index (κ3) is 3.48. The summed E-state index contributed by atoms with van der Waals surface area (Å²) in [5, 5.41) is 7.65. The second kappa shape index (κ2) is 5.95. The minimum absolute atomic E-state index is 0.174. The number of hydrogen-bond acceptors (Lipinski definition) is 4. The normalized spacial score (nSPS) is 16.8. The summed E-state index contributed by atoms with van der Waals surface area (Å²) in [7, 11) is -3.15. The van der Waals surface area contributed by atoms with Crippen molar-refractivity contribution in [1.29, 1.82) is 0 Å². The maximum Gasteiger partial charge on any atom is 0.214 e. The third-order valence-corrected chi connectivity index (χ3v) is 5.53. The van der Waals surface area contributed by atoms with Gasteiger partial charge in [0.05, 0.1) is 11.9 Å². The third-order valence-electron chi connectivity index (χ3n) is 3.73. The summed E-state index contributed by atoms with van der Waals surface area (Å²) in [6, 6.07) is 9.71. The van der Waals surface area contributed by atoms with Crippen LogP contribution < -0.4 is 0 Å². The van der Waals surface area contributed by atoms with Crippen molar-refractivity contribution in [3.05, 3.63) is 48.3 Å². The maximum absolute atomic E-state index is 12.2. The van der Waals surface area contributed by atoms with Crippen LogP contribution in [-0.2, 0) is 23.0 Å². The molecule has 0 aliphatic carbocycles. The molecule has 1 fully saturated rings. The Bertz CT molecular complexity index is 664. The Balaban J connectivity index is 1.48. The predicted octanol–water partition coefficient (Wildman–Crippen LogP) is 0.782. The molecule has 1 aliphatic heterocycles. The summed E-state index contributed by atoms with van der Waals surface area (Å²) in [6.07, 6.45) is 3.99. The summed E-state index contributed by atoms with van der Waals surface area (Å²) in [5.41, 5.74) is 1.06. The fraction of sp³-hybridized carbons (Fsp3) is 0.429. The lowest BCUT2D eigenvalue weighted by Gasteiger charge is -2.37. The van der Waals surface area contributed by atoms with E-state index in [1.165, 1.54) is 0 Å². The second-order valence-electron chi connectivity index (χ2n) is 5.36. The zero-order valence-electron chi connectivity index (χ0n) is 11.7. The summed E-state index contributed by atoms with van der Waals surface area (Å²) in [6.45, 7) is 1.89. The molecule has 7 heteroatoms. The highest BCUT2D eigenvalue weighted by atomic mass is 32.2. The van der Waals surface area contributed by atoms with Crippen LogP contribution in [0.4, 0.5) is 0 Å². The Morgan fingerprint density at radius 2 is 1.95 bits per heavy atom. The molecule has 6 nitrogen and oxygen atoms in total. The van der Waals surface area contributed by atoms with Crippen molar-refractivity contribution in [2.75, 3.05) is 18.8 Å². The molecule has 1 aromatic heterocycles. The zero-order chi connectivity index (χ0) is 14.7. The molecule has 2 aromatic rings. The first-order valence-corrected chi connectivity index (χ1v) is 8.60. The van der Waals surface area contributed by atoms with Crippen LogP contribution in [0.1, 0.15) is 5.56 Å². The van der Waals surface area contributed by atoms with Gasteiger partial charge in [-0.2, -0.15) is 0 Å². The molecule has 0 N–H and O–H groups in total. The summed E-state index contributed by atoms with van der Waals surface area (Å²) >= 11 is 0. The van der Waals surface area contributed by atoms with Gasteiger partial charge in [0.2, 0.25) is 10.0 Å². The van der Waals surface area contributed by atoms with Crippen LogP contribution >= 0.6 is 0 Å². The van der Waals surface area contributed by atoms with Gasteiger partial charge in [0.15, 0.2) is 0 Å². The van der Waals surface area contributed by atoms with Crippen LogP contribution in [0.25, 0.3) is 0 Å².